The number of anilines is 1. The van der Waals surface area contributed by atoms with Gasteiger partial charge in [0.1, 0.15) is 11.2 Å². The molecule has 1 aliphatic carbocycles. The predicted octanol–water partition coefficient (Wildman–Crippen LogP) is 3.52. The summed E-state index contributed by atoms with van der Waals surface area (Å²) in [6.45, 7) is 1.25. The Morgan fingerprint density at radius 1 is 1.28 bits per heavy atom. The van der Waals surface area contributed by atoms with Crippen LogP contribution < -0.4 is 5.32 Å². The molecule has 0 aromatic carbocycles. The minimum absolute atomic E-state index is 0.00173. The second-order valence-electron chi connectivity index (χ2n) is 8.70. The fraction of sp³-hybridized carbons (Fsp3) is 0.450. The van der Waals surface area contributed by atoms with E-state index in [4.69, 9.17) is 0 Å². The smallest absolute Gasteiger partial charge is 0.337 e. The summed E-state index contributed by atoms with van der Waals surface area (Å²) in [4.78, 5) is 28.7. The first-order chi connectivity index (χ1) is 15.1. The molecule has 1 saturated carbocycles. The van der Waals surface area contributed by atoms with Crippen LogP contribution in [0.4, 0.5) is 23.0 Å². The maximum absolute atomic E-state index is 12.9. The molecule has 4 heterocycles. The Hall–Kier alpha value is -3.02. The number of alkyl halides is 3. The molecule has 32 heavy (non-hydrogen) atoms. The van der Waals surface area contributed by atoms with E-state index in [2.05, 4.69) is 10.4 Å². The summed E-state index contributed by atoms with van der Waals surface area (Å²) in [5.41, 5.74) is 0.546. The molecule has 0 atom stereocenters. The van der Waals surface area contributed by atoms with Crippen LogP contribution >= 0.6 is 11.3 Å². The minimum atomic E-state index is -4.43. The van der Waals surface area contributed by atoms with Gasteiger partial charge in [0.2, 0.25) is 0 Å². The van der Waals surface area contributed by atoms with Crippen LogP contribution in [0.25, 0.3) is 5.65 Å². The third kappa shape index (κ3) is 3.33. The van der Waals surface area contributed by atoms with Crippen LogP contribution in [-0.4, -0.2) is 62.1 Å². The van der Waals surface area contributed by atoms with Gasteiger partial charge in [0.05, 0.1) is 16.8 Å². The number of hydrogen-bond donors (Lipinski definition) is 1. The quantitative estimate of drug-likeness (QED) is 0.642. The normalized spacial score (nSPS) is 18.0. The molecule has 5 rings (SSSR count). The maximum Gasteiger partial charge on any atom is 0.417 e. The van der Waals surface area contributed by atoms with Crippen molar-refractivity contribution in [3.63, 3.8) is 0 Å². The summed E-state index contributed by atoms with van der Waals surface area (Å²) < 4.78 is 41.7. The van der Waals surface area contributed by atoms with Crippen molar-refractivity contribution < 1.29 is 22.8 Å². The highest BCUT2D eigenvalue weighted by Crippen LogP contribution is 2.50. The molecule has 3 amide bonds. The summed E-state index contributed by atoms with van der Waals surface area (Å²) in [5, 5.41) is 7.90. The Kier molecular flexibility index (Phi) is 4.56. The largest absolute Gasteiger partial charge is 0.417 e. The van der Waals surface area contributed by atoms with E-state index < -0.39 is 17.8 Å². The summed E-state index contributed by atoms with van der Waals surface area (Å²) in [5.74, 6) is -0.0554. The van der Waals surface area contributed by atoms with E-state index in [0.717, 1.165) is 41.3 Å². The number of imidazole rings is 1. The van der Waals surface area contributed by atoms with Gasteiger partial charge < -0.3 is 14.4 Å². The summed E-state index contributed by atoms with van der Waals surface area (Å²) >= 11 is 0.848. The van der Waals surface area contributed by atoms with Crippen LogP contribution in [0.2, 0.25) is 0 Å². The SMILES string of the molecule is CN(C(=O)Nc1cc(C(F)(F)F)cs1)C1CC2(C1)CN(C(=O)c1cnn3ccn(C)c13)C2. The van der Waals surface area contributed by atoms with E-state index in [-0.39, 0.29) is 22.4 Å². The third-order valence-corrected chi connectivity index (χ3v) is 7.31. The zero-order valence-corrected chi connectivity index (χ0v) is 18.2. The second-order valence-corrected chi connectivity index (χ2v) is 9.61. The average Bonchev–Trinajstić information content (AvgIpc) is 3.36. The van der Waals surface area contributed by atoms with Gasteiger partial charge in [-0.1, -0.05) is 0 Å². The first kappa shape index (κ1) is 20.9. The van der Waals surface area contributed by atoms with E-state index in [1.807, 2.05) is 17.8 Å². The topological polar surface area (TPSA) is 74.9 Å². The number of halogens is 3. The fourth-order valence-corrected chi connectivity index (χ4v) is 5.46. The van der Waals surface area contributed by atoms with Crippen molar-refractivity contribution in [3.8, 4) is 0 Å². The zero-order valence-electron chi connectivity index (χ0n) is 17.4. The summed E-state index contributed by atoms with van der Waals surface area (Å²) in [7, 11) is 3.51. The molecular formula is C20H21F3N6O2S. The predicted molar refractivity (Wildman–Crippen MR) is 112 cm³/mol. The van der Waals surface area contributed by atoms with Crippen LogP contribution in [-0.2, 0) is 13.2 Å². The van der Waals surface area contributed by atoms with Crippen LogP contribution in [0.3, 0.4) is 0 Å². The molecule has 1 saturated heterocycles. The van der Waals surface area contributed by atoms with Crippen LogP contribution in [0.15, 0.2) is 30.0 Å². The van der Waals surface area contributed by atoms with E-state index in [1.54, 1.807) is 28.9 Å². The first-order valence-electron chi connectivity index (χ1n) is 10.0. The third-order valence-electron chi connectivity index (χ3n) is 6.47. The van der Waals surface area contributed by atoms with Crippen molar-refractivity contribution in [1.82, 2.24) is 24.0 Å². The lowest BCUT2D eigenvalue weighted by Crippen LogP contribution is -2.67. The number of aryl methyl sites for hydroxylation is 1. The Labute approximate surface area is 185 Å². The molecule has 1 spiro atoms. The van der Waals surface area contributed by atoms with Crippen LogP contribution in [0.1, 0.15) is 28.8 Å². The number of urea groups is 1. The first-order valence-corrected chi connectivity index (χ1v) is 10.9. The number of amides is 3. The zero-order chi connectivity index (χ0) is 22.8. The number of aromatic nitrogens is 3. The number of carbonyl (C=O) groups is 2. The van der Waals surface area contributed by atoms with Gasteiger partial charge in [-0.05, 0) is 18.9 Å². The molecule has 1 N–H and O–H groups in total. The monoisotopic (exact) mass is 466 g/mol. The van der Waals surface area contributed by atoms with Gasteiger partial charge in [-0.15, -0.1) is 11.3 Å². The van der Waals surface area contributed by atoms with Crippen molar-refractivity contribution in [3.05, 3.63) is 41.2 Å². The highest BCUT2D eigenvalue weighted by Gasteiger charge is 2.55. The molecule has 12 heteroatoms. The number of nitrogens with one attached hydrogen (secondary N) is 1. The number of nitrogens with zero attached hydrogens (tertiary/aromatic N) is 5. The second kappa shape index (κ2) is 6.99. The van der Waals surface area contributed by atoms with Crippen LogP contribution in [0, 0.1) is 5.41 Å². The van der Waals surface area contributed by atoms with Crippen molar-refractivity contribution in [2.75, 3.05) is 25.5 Å². The molecule has 1 aliphatic heterocycles. The molecule has 3 aromatic heterocycles. The Morgan fingerprint density at radius 3 is 2.66 bits per heavy atom. The van der Waals surface area contributed by atoms with Gasteiger partial charge in [0.15, 0.2) is 0 Å². The Bertz CT molecular complexity index is 1200. The Balaban J connectivity index is 1.14. The molecule has 2 aliphatic rings. The highest BCUT2D eigenvalue weighted by molar-refractivity contribution is 7.14. The lowest BCUT2D eigenvalue weighted by Gasteiger charge is -2.60. The summed E-state index contributed by atoms with van der Waals surface area (Å²) in [6, 6.07) is 0.498. The Morgan fingerprint density at radius 2 is 2.00 bits per heavy atom. The van der Waals surface area contributed by atoms with E-state index in [0.29, 0.717) is 18.7 Å². The molecule has 0 unspecified atom stereocenters. The van der Waals surface area contributed by atoms with Crippen molar-refractivity contribution in [1.29, 1.82) is 0 Å². The summed E-state index contributed by atoms with van der Waals surface area (Å²) in [6.07, 6.45) is 2.30. The molecule has 2 fully saturated rings. The lowest BCUT2D eigenvalue weighted by atomic mass is 9.60. The van der Waals surface area contributed by atoms with Gasteiger partial charge in [0, 0.05) is 56.4 Å². The fourth-order valence-electron chi connectivity index (χ4n) is 4.66. The van der Waals surface area contributed by atoms with E-state index in [9.17, 15) is 22.8 Å². The van der Waals surface area contributed by atoms with Gasteiger partial charge in [-0.25, -0.2) is 9.31 Å². The number of rotatable bonds is 3. The van der Waals surface area contributed by atoms with E-state index in [1.165, 1.54) is 4.90 Å². The standard InChI is InChI=1S/C20H21F3N6O2S/c1-26-3-4-29-16(26)14(8-24-29)17(30)28-10-19(11-28)6-13(7-19)27(2)18(31)25-15-5-12(9-32-15)20(21,22)23/h3-5,8-9,13H,6-7,10-11H2,1-2H3,(H,25,31). The molecule has 170 valence electrons. The van der Waals surface area contributed by atoms with Gasteiger partial charge >= 0.3 is 12.2 Å². The number of hydrogen-bond acceptors (Lipinski definition) is 4. The van der Waals surface area contributed by atoms with Crippen molar-refractivity contribution in [2.24, 2.45) is 12.5 Å². The highest BCUT2D eigenvalue weighted by atomic mass is 32.1. The lowest BCUT2D eigenvalue weighted by molar-refractivity contribution is -0.137. The molecule has 3 aromatic rings. The number of carbonyl (C=O) groups excluding carboxylic acids is 2. The minimum Gasteiger partial charge on any atom is -0.337 e. The van der Waals surface area contributed by atoms with Crippen molar-refractivity contribution in [2.45, 2.75) is 25.1 Å². The maximum atomic E-state index is 12.9. The van der Waals surface area contributed by atoms with Crippen LogP contribution in [0.5, 0.6) is 0 Å². The molecular weight excluding hydrogens is 445 g/mol. The molecule has 8 nitrogen and oxygen atoms in total. The van der Waals surface area contributed by atoms with Gasteiger partial charge in [-0.2, -0.15) is 18.3 Å². The van der Waals surface area contributed by atoms with Gasteiger partial charge in [0.25, 0.3) is 5.91 Å². The number of fused-ring (bicyclic) bond motifs is 1. The van der Waals surface area contributed by atoms with Gasteiger partial charge in [-0.3, -0.25) is 10.1 Å². The van der Waals surface area contributed by atoms with Crippen molar-refractivity contribution >= 4 is 33.9 Å². The molecule has 0 bridgehead atoms. The average molecular weight is 466 g/mol. The number of thiophene rings is 1. The molecule has 0 radical (unpaired) electrons. The van der Waals surface area contributed by atoms with E-state index >= 15 is 0 Å². The number of likely N-dealkylation sites (tertiary alicyclic amines) is 1.